The molecular formula is C19H19N3O4. The monoisotopic (exact) mass is 353 g/mol. The van der Waals surface area contributed by atoms with Gasteiger partial charge in [0, 0.05) is 18.2 Å². The van der Waals surface area contributed by atoms with E-state index in [1.165, 1.54) is 4.90 Å². The summed E-state index contributed by atoms with van der Waals surface area (Å²) >= 11 is 0. The number of aliphatic hydroxyl groups excluding tert-OH is 1. The van der Waals surface area contributed by atoms with Crippen LogP contribution in [0.5, 0.6) is 0 Å². The molecule has 0 radical (unpaired) electrons. The fourth-order valence-corrected chi connectivity index (χ4v) is 3.69. The highest BCUT2D eigenvalue weighted by Gasteiger charge is 2.46. The van der Waals surface area contributed by atoms with Gasteiger partial charge in [-0.15, -0.1) is 0 Å². The maximum Gasteiger partial charge on any atom is 0.251 e. The highest BCUT2D eigenvalue weighted by molar-refractivity contribution is 6.00. The molecule has 0 aliphatic carbocycles. The second-order valence-corrected chi connectivity index (χ2v) is 6.72. The minimum absolute atomic E-state index is 0.229. The second-order valence-electron chi connectivity index (χ2n) is 6.72. The van der Waals surface area contributed by atoms with Crippen molar-refractivity contribution in [2.24, 2.45) is 0 Å². The van der Waals surface area contributed by atoms with E-state index in [4.69, 9.17) is 0 Å². The van der Waals surface area contributed by atoms with Gasteiger partial charge in [-0.2, -0.15) is 0 Å². The molecule has 2 aromatic carbocycles. The molecule has 0 spiro atoms. The van der Waals surface area contributed by atoms with Crippen LogP contribution in [-0.2, 0) is 9.59 Å². The number of carbonyl (C=O) groups excluding carboxylic acids is 3. The predicted molar refractivity (Wildman–Crippen MR) is 94.3 cm³/mol. The molecule has 2 heterocycles. The molecule has 0 bridgehead atoms. The fraction of sp³-hybridized carbons (Fsp3) is 0.316. The Bertz CT molecular complexity index is 897. The maximum absolute atomic E-state index is 12.6. The Kier molecular flexibility index (Phi) is 4.08. The van der Waals surface area contributed by atoms with Crippen LogP contribution in [0.4, 0.5) is 0 Å². The Balaban J connectivity index is 1.48. The summed E-state index contributed by atoms with van der Waals surface area (Å²) < 4.78 is 0. The lowest BCUT2D eigenvalue weighted by molar-refractivity contribution is -0.148. The number of amides is 3. The van der Waals surface area contributed by atoms with Gasteiger partial charge in [0.25, 0.3) is 5.91 Å². The van der Waals surface area contributed by atoms with E-state index < -0.39 is 18.7 Å². The standard InChI is InChI=1S/C19H19N3O4/c23-10-15-19(26)22-9-14(8-16(22)18(25)21-15)20-17(24)13-6-5-11-3-1-2-4-12(11)7-13/h1-7,14-16,23H,8-10H2,(H,20,24)(H,21,25)/t14-,15+,16-/m0/s1. The van der Waals surface area contributed by atoms with Gasteiger partial charge in [0.05, 0.1) is 6.61 Å². The van der Waals surface area contributed by atoms with Crippen molar-refractivity contribution in [3.63, 3.8) is 0 Å². The summed E-state index contributed by atoms with van der Waals surface area (Å²) in [4.78, 5) is 38.4. The van der Waals surface area contributed by atoms with Crippen molar-refractivity contribution in [3.8, 4) is 0 Å². The molecule has 4 rings (SSSR count). The highest BCUT2D eigenvalue weighted by Crippen LogP contribution is 2.23. The lowest BCUT2D eigenvalue weighted by Crippen LogP contribution is -2.62. The van der Waals surface area contributed by atoms with E-state index in [1.54, 1.807) is 6.07 Å². The maximum atomic E-state index is 12.6. The quantitative estimate of drug-likeness (QED) is 0.725. The van der Waals surface area contributed by atoms with Gasteiger partial charge < -0.3 is 20.6 Å². The highest BCUT2D eigenvalue weighted by atomic mass is 16.3. The zero-order chi connectivity index (χ0) is 18.3. The topological polar surface area (TPSA) is 98.7 Å². The molecule has 2 aliphatic heterocycles. The zero-order valence-corrected chi connectivity index (χ0v) is 14.0. The van der Waals surface area contributed by atoms with Gasteiger partial charge in [0.1, 0.15) is 12.1 Å². The van der Waals surface area contributed by atoms with Crippen LogP contribution in [0.2, 0.25) is 0 Å². The summed E-state index contributed by atoms with van der Waals surface area (Å²) in [5.41, 5.74) is 0.539. The van der Waals surface area contributed by atoms with Crippen LogP contribution in [0.3, 0.4) is 0 Å². The van der Waals surface area contributed by atoms with Crippen molar-refractivity contribution in [2.75, 3.05) is 13.2 Å². The van der Waals surface area contributed by atoms with Gasteiger partial charge in [0.2, 0.25) is 11.8 Å². The van der Waals surface area contributed by atoms with E-state index in [0.717, 1.165) is 10.8 Å². The molecule has 3 N–H and O–H groups in total. The van der Waals surface area contributed by atoms with Gasteiger partial charge in [0.15, 0.2) is 0 Å². The third kappa shape index (κ3) is 2.80. The molecule has 3 atom stereocenters. The van der Waals surface area contributed by atoms with E-state index >= 15 is 0 Å². The predicted octanol–water partition coefficient (Wildman–Crippen LogP) is 0.0298. The number of fused-ring (bicyclic) bond motifs is 2. The van der Waals surface area contributed by atoms with Crippen LogP contribution in [-0.4, -0.2) is 59.0 Å². The minimum atomic E-state index is -0.895. The van der Waals surface area contributed by atoms with Crippen LogP contribution in [0.25, 0.3) is 10.8 Å². The Hall–Kier alpha value is -2.93. The van der Waals surface area contributed by atoms with Crippen molar-refractivity contribution in [3.05, 3.63) is 48.0 Å². The smallest absolute Gasteiger partial charge is 0.251 e. The number of nitrogens with one attached hydrogen (secondary N) is 2. The minimum Gasteiger partial charge on any atom is -0.394 e. The van der Waals surface area contributed by atoms with Gasteiger partial charge in [-0.25, -0.2) is 0 Å². The van der Waals surface area contributed by atoms with Crippen molar-refractivity contribution in [1.82, 2.24) is 15.5 Å². The van der Waals surface area contributed by atoms with Crippen molar-refractivity contribution >= 4 is 28.5 Å². The number of benzene rings is 2. The Labute approximate surface area is 150 Å². The molecule has 134 valence electrons. The van der Waals surface area contributed by atoms with Crippen LogP contribution in [0, 0.1) is 0 Å². The molecule has 2 aliphatic rings. The summed E-state index contributed by atoms with van der Waals surface area (Å²) in [5, 5.41) is 16.7. The van der Waals surface area contributed by atoms with Crippen molar-refractivity contribution < 1.29 is 19.5 Å². The lowest BCUT2D eigenvalue weighted by atomic mass is 10.1. The third-order valence-electron chi connectivity index (χ3n) is 5.03. The first-order chi connectivity index (χ1) is 12.6. The van der Waals surface area contributed by atoms with Gasteiger partial charge >= 0.3 is 0 Å². The van der Waals surface area contributed by atoms with E-state index in [-0.39, 0.29) is 30.3 Å². The Morgan fingerprint density at radius 2 is 1.96 bits per heavy atom. The molecule has 0 saturated carbocycles. The van der Waals surface area contributed by atoms with Crippen molar-refractivity contribution in [1.29, 1.82) is 0 Å². The number of aliphatic hydroxyl groups is 1. The second kappa shape index (κ2) is 6.42. The summed E-state index contributed by atoms with van der Waals surface area (Å²) in [5.74, 6) is -0.821. The van der Waals surface area contributed by atoms with Crippen molar-refractivity contribution in [2.45, 2.75) is 24.5 Å². The van der Waals surface area contributed by atoms with Crippen LogP contribution >= 0.6 is 0 Å². The van der Waals surface area contributed by atoms with E-state index in [0.29, 0.717) is 12.0 Å². The average Bonchev–Trinajstić information content (AvgIpc) is 3.09. The number of hydrogen-bond donors (Lipinski definition) is 3. The number of hydrogen-bond acceptors (Lipinski definition) is 4. The Morgan fingerprint density at radius 1 is 1.19 bits per heavy atom. The first kappa shape index (κ1) is 16.5. The number of rotatable bonds is 3. The number of piperazine rings is 1. The van der Waals surface area contributed by atoms with Gasteiger partial charge in [-0.05, 0) is 29.3 Å². The zero-order valence-electron chi connectivity index (χ0n) is 14.0. The molecule has 26 heavy (non-hydrogen) atoms. The largest absolute Gasteiger partial charge is 0.394 e. The number of carbonyl (C=O) groups is 3. The molecule has 2 aromatic rings. The average molecular weight is 353 g/mol. The molecule has 2 fully saturated rings. The van der Waals surface area contributed by atoms with E-state index in [2.05, 4.69) is 10.6 Å². The van der Waals surface area contributed by atoms with E-state index in [1.807, 2.05) is 36.4 Å². The molecule has 2 saturated heterocycles. The van der Waals surface area contributed by atoms with Crippen LogP contribution in [0.1, 0.15) is 16.8 Å². The lowest BCUT2D eigenvalue weighted by Gasteiger charge is -2.33. The van der Waals surface area contributed by atoms with Crippen LogP contribution in [0.15, 0.2) is 42.5 Å². The molecule has 7 heteroatoms. The summed E-state index contributed by atoms with van der Waals surface area (Å²) in [6.07, 6.45) is 0.370. The summed E-state index contributed by atoms with van der Waals surface area (Å²) in [7, 11) is 0. The fourth-order valence-electron chi connectivity index (χ4n) is 3.69. The molecule has 0 unspecified atom stereocenters. The summed E-state index contributed by atoms with van der Waals surface area (Å²) in [6.45, 7) is -0.158. The van der Waals surface area contributed by atoms with Gasteiger partial charge in [-0.1, -0.05) is 30.3 Å². The molecule has 3 amide bonds. The molecule has 7 nitrogen and oxygen atoms in total. The summed E-state index contributed by atoms with van der Waals surface area (Å²) in [6, 6.07) is 11.5. The number of nitrogens with zero attached hydrogens (tertiary/aromatic N) is 1. The SMILES string of the molecule is O=C(N[C@H]1C[C@H]2C(=O)N[C@H](CO)C(=O)N2C1)c1ccc2ccccc2c1. The molecule has 0 aromatic heterocycles. The molecular weight excluding hydrogens is 334 g/mol. The first-order valence-corrected chi connectivity index (χ1v) is 8.58. The van der Waals surface area contributed by atoms with E-state index in [9.17, 15) is 19.5 Å². The Morgan fingerprint density at radius 3 is 2.73 bits per heavy atom. The van der Waals surface area contributed by atoms with Gasteiger partial charge in [-0.3, -0.25) is 14.4 Å². The third-order valence-corrected chi connectivity index (χ3v) is 5.03. The first-order valence-electron chi connectivity index (χ1n) is 8.58. The normalized spacial score (nSPS) is 25.1. The van der Waals surface area contributed by atoms with Crippen LogP contribution < -0.4 is 10.6 Å².